The molecule has 61 heavy (non-hydrogen) atoms. The third kappa shape index (κ3) is 4.56. The summed E-state index contributed by atoms with van der Waals surface area (Å²) in [5.41, 5.74) is 21.1. The molecule has 0 bridgehead atoms. The smallest absolute Gasteiger partial charge is 0.0726 e. The summed E-state index contributed by atoms with van der Waals surface area (Å²) in [5.74, 6) is 0. The zero-order valence-corrected chi connectivity index (χ0v) is 34.2. The summed E-state index contributed by atoms with van der Waals surface area (Å²) >= 11 is 0. The fraction of sp³-hybridized carbons (Fsp3) is 0.0667. The second-order valence-electron chi connectivity index (χ2n) is 17.6. The molecule has 1 spiro atoms. The van der Waals surface area contributed by atoms with Crippen molar-refractivity contribution < 1.29 is 0 Å². The van der Waals surface area contributed by atoms with Crippen LogP contribution in [0.1, 0.15) is 47.2 Å². The topological polar surface area (TPSA) is 3.24 Å². The van der Waals surface area contributed by atoms with Gasteiger partial charge in [-0.05, 0) is 136 Å². The lowest BCUT2D eigenvalue weighted by atomic mass is 9.55. The molecule has 0 aliphatic heterocycles. The number of fused-ring (bicyclic) bond motifs is 11. The highest BCUT2D eigenvalue weighted by Crippen LogP contribution is 2.62. The summed E-state index contributed by atoms with van der Waals surface area (Å²) in [4.78, 5) is 2.48. The Bertz CT molecular complexity index is 3440. The van der Waals surface area contributed by atoms with E-state index in [-0.39, 0.29) is 5.41 Å². The second-order valence-corrected chi connectivity index (χ2v) is 17.6. The van der Waals surface area contributed by atoms with Crippen molar-refractivity contribution in [3.05, 3.63) is 246 Å². The number of rotatable bonds is 4. The van der Waals surface area contributed by atoms with Crippen LogP contribution in [0.3, 0.4) is 0 Å². The van der Waals surface area contributed by atoms with Crippen molar-refractivity contribution in [2.24, 2.45) is 0 Å². The maximum Gasteiger partial charge on any atom is 0.0726 e. The minimum absolute atomic E-state index is 0.122. The Balaban J connectivity index is 1.14. The molecule has 0 fully saturated rings. The van der Waals surface area contributed by atoms with E-state index in [4.69, 9.17) is 0 Å². The normalized spacial score (nSPS) is 15.9. The van der Waals surface area contributed by atoms with Gasteiger partial charge < -0.3 is 4.90 Å². The van der Waals surface area contributed by atoms with E-state index in [2.05, 4.69) is 231 Å². The fourth-order valence-corrected chi connectivity index (χ4v) is 11.7. The molecule has 13 rings (SSSR count). The first-order chi connectivity index (χ1) is 30.0. The number of hydrogen-bond acceptors (Lipinski definition) is 1. The molecule has 10 aromatic rings. The van der Waals surface area contributed by atoms with Crippen LogP contribution in [0.5, 0.6) is 0 Å². The number of anilines is 3. The molecule has 3 aliphatic rings. The summed E-state index contributed by atoms with van der Waals surface area (Å²) in [7, 11) is 0. The number of para-hydroxylation sites is 1. The molecular weight excluding hydrogens is 735 g/mol. The van der Waals surface area contributed by atoms with Crippen LogP contribution in [0.25, 0.3) is 66.1 Å². The zero-order chi connectivity index (χ0) is 40.5. The first-order valence-corrected chi connectivity index (χ1v) is 21.5. The molecule has 0 aromatic heterocycles. The van der Waals surface area contributed by atoms with E-state index >= 15 is 0 Å². The summed E-state index contributed by atoms with van der Waals surface area (Å²) in [6.45, 7) is 4.74. The van der Waals surface area contributed by atoms with Gasteiger partial charge in [-0.25, -0.2) is 0 Å². The van der Waals surface area contributed by atoms with Gasteiger partial charge in [-0.2, -0.15) is 0 Å². The Morgan fingerprint density at radius 3 is 1.56 bits per heavy atom. The van der Waals surface area contributed by atoms with E-state index in [0.29, 0.717) is 0 Å². The Morgan fingerprint density at radius 1 is 0.311 bits per heavy atom. The quantitative estimate of drug-likeness (QED) is 0.172. The Kier molecular flexibility index (Phi) is 7.06. The van der Waals surface area contributed by atoms with Crippen molar-refractivity contribution in [3.63, 3.8) is 0 Å². The number of nitrogens with zero attached hydrogens (tertiary/aromatic N) is 1. The summed E-state index contributed by atoms with van der Waals surface area (Å²) in [5, 5.41) is 5.22. The molecule has 1 heteroatoms. The maximum atomic E-state index is 2.53. The highest BCUT2D eigenvalue weighted by Gasteiger charge is 2.49. The zero-order valence-electron chi connectivity index (χ0n) is 34.2. The van der Waals surface area contributed by atoms with Gasteiger partial charge in [0.05, 0.1) is 5.41 Å². The molecule has 1 unspecified atom stereocenters. The minimum atomic E-state index is -0.610. The van der Waals surface area contributed by atoms with Gasteiger partial charge in [0.25, 0.3) is 0 Å². The SMILES string of the molecule is CC1(C)c2ccccc2-c2ccc(N(c3ccccc3)c3ccc4c(c3)C3(c5ccccc5-c5cccc6cccc3c56)c3cccc5c(-c6ccccc6)ccc-4c35)cc21. The van der Waals surface area contributed by atoms with E-state index in [1.165, 1.54) is 99.4 Å². The lowest BCUT2D eigenvalue weighted by Gasteiger charge is -2.46. The van der Waals surface area contributed by atoms with E-state index in [1.807, 2.05) is 0 Å². The average molecular weight is 776 g/mol. The average Bonchev–Trinajstić information content (AvgIpc) is 3.55. The van der Waals surface area contributed by atoms with Crippen LogP contribution in [0.15, 0.2) is 212 Å². The molecule has 0 saturated carbocycles. The van der Waals surface area contributed by atoms with Crippen molar-refractivity contribution in [3.8, 4) is 44.5 Å². The fourth-order valence-electron chi connectivity index (χ4n) is 11.7. The van der Waals surface area contributed by atoms with Crippen molar-refractivity contribution in [2.75, 3.05) is 4.90 Å². The first-order valence-electron chi connectivity index (χ1n) is 21.5. The Labute approximate surface area is 356 Å². The van der Waals surface area contributed by atoms with Crippen molar-refractivity contribution in [1.29, 1.82) is 0 Å². The van der Waals surface area contributed by atoms with Gasteiger partial charge in [0, 0.05) is 22.5 Å². The predicted molar refractivity (Wildman–Crippen MR) is 255 cm³/mol. The van der Waals surface area contributed by atoms with Crippen molar-refractivity contribution in [1.82, 2.24) is 0 Å². The number of benzene rings is 10. The second kappa shape index (κ2) is 12.5. The van der Waals surface area contributed by atoms with Gasteiger partial charge >= 0.3 is 0 Å². The lowest BCUT2D eigenvalue weighted by molar-refractivity contribution is 0.660. The molecule has 0 amide bonds. The molecule has 1 nitrogen and oxygen atoms in total. The summed E-state index contributed by atoms with van der Waals surface area (Å²) in [6.07, 6.45) is 0. The van der Waals surface area contributed by atoms with Crippen LogP contribution in [-0.4, -0.2) is 0 Å². The third-order valence-electron chi connectivity index (χ3n) is 14.3. The van der Waals surface area contributed by atoms with Gasteiger partial charge in [0.1, 0.15) is 0 Å². The van der Waals surface area contributed by atoms with Gasteiger partial charge in [-0.1, -0.05) is 190 Å². The van der Waals surface area contributed by atoms with Crippen LogP contribution < -0.4 is 4.90 Å². The van der Waals surface area contributed by atoms with Crippen LogP contribution in [0, 0.1) is 0 Å². The van der Waals surface area contributed by atoms with Crippen LogP contribution >= 0.6 is 0 Å². The standard InChI is InChI=1S/C60H41N/c1-59(2)51-26-11-9-22-44(51)46-32-30-41(36-55(46)59)61(40-20-7-4-8-21-40)42-31-33-47-50-35-34-43(38-16-5-3-6-17-38)48-25-15-29-54(58(48)50)60(56(47)37-42)52-27-12-10-23-45(52)49-24-13-18-39-19-14-28-53(60)57(39)49/h3-37H,1-2H3. The molecule has 3 aliphatic carbocycles. The van der Waals surface area contributed by atoms with Gasteiger partial charge in [0.15, 0.2) is 0 Å². The van der Waals surface area contributed by atoms with Crippen LogP contribution in [-0.2, 0) is 10.8 Å². The lowest BCUT2D eigenvalue weighted by Crippen LogP contribution is -2.36. The van der Waals surface area contributed by atoms with Gasteiger partial charge in [-0.3, -0.25) is 0 Å². The monoisotopic (exact) mass is 775 g/mol. The maximum absolute atomic E-state index is 2.53. The molecule has 0 N–H and O–H groups in total. The van der Waals surface area contributed by atoms with Crippen LogP contribution in [0.2, 0.25) is 0 Å². The minimum Gasteiger partial charge on any atom is -0.310 e. The largest absolute Gasteiger partial charge is 0.310 e. The molecule has 1 atom stereocenters. The highest BCUT2D eigenvalue weighted by molar-refractivity contribution is 6.14. The molecule has 10 aromatic carbocycles. The van der Waals surface area contributed by atoms with Gasteiger partial charge in [0.2, 0.25) is 0 Å². The van der Waals surface area contributed by atoms with Crippen molar-refractivity contribution >= 4 is 38.6 Å². The van der Waals surface area contributed by atoms with E-state index in [0.717, 1.165) is 17.1 Å². The summed E-state index contributed by atoms with van der Waals surface area (Å²) in [6, 6.07) is 80.0. The first kappa shape index (κ1) is 34.4. The molecule has 0 radical (unpaired) electrons. The Morgan fingerprint density at radius 2 is 0.803 bits per heavy atom. The third-order valence-corrected chi connectivity index (χ3v) is 14.3. The Hall–Kier alpha value is -7.48. The number of hydrogen-bond donors (Lipinski definition) is 0. The van der Waals surface area contributed by atoms with Crippen molar-refractivity contribution in [2.45, 2.75) is 24.7 Å². The highest BCUT2D eigenvalue weighted by atomic mass is 15.1. The van der Waals surface area contributed by atoms with E-state index < -0.39 is 5.41 Å². The van der Waals surface area contributed by atoms with E-state index in [9.17, 15) is 0 Å². The summed E-state index contributed by atoms with van der Waals surface area (Å²) < 4.78 is 0. The van der Waals surface area contributed by atoms with E-state index in [1.54, 1.807) is 0 Å². The molecule has 0 saturated heterocycles. The molecular formula is C60H41N. The van der Waals surface area contributed by atoms with Crippen LogP contribution in [0.4, 0.5) is 17.1 Å². The predicted octanol–water partition coefficient (Wildman–Crippen LogP) is 15.8. The molecule has 286 valence electrons. The molecule has 0 heterocycles. The van der Waals surface area contributed by atoms with Gasteiger partial charge in [-0.15, -0.1) is 0 Å².